The van der Waals surface area contributed by atoms with E-state index in [1.165, 1.54) is 0 Å². The topological polar surface area (TPSA) is 145 Å². The van der Waals surface area contributed by atoms with E-state index in [0.29, 0.717) is 58.9 Å². The van der Waals surface area contributed by atoms with E-state index in [2.05, 4.69) is 0 Å². The smallest absolute Gasteiger partial charge is 0.317 e. The third-order valence-electron chi connectivity index (χ3n) is 5.65. The average Bonchev–Trinajstić information content (AvgIpc) is 2.69. The minimum absolute atomic E-state index is 0.0261. The summed E-state index contributed by atoms with van der Waals surface area (Å²) < 4.78 is 0. The molecule has 0 atom stereocenters. The number of aliphatic carboxylic acids is 3. The molecule has 1 rings (SSSR count). The molecule has 1 amide bonds. The molecular formula is C21H39N5O7. The van der Waals surface area contributed by atoms with Crippen molar-refractivity contribution in [2.45, 2.75) is 26.8 Å². The van der Waals surface area contributed by atoms with E-state index >= 15 is 0 Å². The number of likely N-dealkylation sites (N-methyl/N-ethyl adjacent to an activating group) is 1. The van der Waals surface area contributed by atoms with Gasteiger partial charge in [-0.2, -0.15) is 0 Å². The van der Waals surface area contributed by atoms with Crippen LogP contribution in [0.4, 0.5) is 0 Å². The lowest BCUT2D eigenvalue weighted by atomic mass is 10.3. The summed E-state index contributed by atoms with van der Waals surface area (Å²) in [5.41, 5.74) is 0. The summed E-state index contributed by atoms with van der Waals surface area (Å²) in [7, 11) is 0. The number of carboxylic acid groups (broad SMARTS) is 3. The van der Waals surface area contributed by atoms with Gasteiger partial charge in [0.05, 0.1) is 26.2 Å². The summed E-state index contributed by atoms with van der Waals surface area (Å²) in [6, 6.07) is 0.0576. The van der Waals surface area contributed by atoms with E-state index in [1.54, 1.807) is 19.6 Å². The van der Waals surface area contributed by atoms with Crippen molar-refractivity contribution < 1.29 is 34.5 Å². The van der Waals surface area contributed by atoms with E-state index in [-0.39, 0.29) is 38.1 Å². The Bertz CT molecular complexity index is 629. The first kappa shape index (κ1) is 28.8. The maximum atomic E-state index is 12.8. The summed E-state index contributed by atoms with van der Waals surface area (Å²) >= 11 is 0. The SMILES string of the molecule is CCN(C(=O)CN1CCN(CC(=O)O)CCN(CC(=O)O)CCN(CC(=O)O)CC1)C(C)C. The van der Waals surface area contributed by atoms with Crippen LogP contribution in [0.3, 0.4) is 0 Å². The summed E-state index contributed by atoms with van der Waals surface area (Å²) in [6.07, 6.45) is 0. The highest BCUT2D eigenvalue weighted by molar-refractivity contribution is 5.78. The van der Waals surface area contributed by atoms with Gasteiger partial charge in [-0.25, -0.2) is 0 Å². The molecule has 0 aromatic carbocycles. The largest absolute Gasteiger partial charge is 0.480 e. The molecule has 0 aromatic rings. The highest BCUT2D eigenvalue weighted by atomic mass is 16.4. The third kappa shape index (κ3) is 11.9. The lowest BCUT2D eigenvalue weighted by Crippen LogP contribution is -2.50. The van der Waals surface area contributed by atoms with E-state index in [9.17, 15) is 34.5 Å². The van der Waals surface area contributed by atoms with Crippen molar-refractivity contribution in [3.8, 4) is 0 Å². The van der Waals surface area contributed by atoms with Crippen LogP contribution in [0.15, 0.2) is 0 Å². The number of carbonyl (C=O) groups excluding carboxylic acids is 1. The van der Waals surface area contributed by atoms with Crippen molar-refractivity contribution in [3.05, 3.63) is 0 Å². The first-order chi connectivity index (χ1) is 15.5. The Balaban J connectivity index is 3.01. The van der Waals surface area contributed by atoms with Crippen LogP contribution in [0.25, 0.3) is 0 Å². The van der Waals surface area contributed by atoms with Crippen LogP contribution >= 0.6 is 0 Å². The van der Waals surface area contributed by atoms with Crippen LogP contribution in [0.5, 0.6) is 0 Å². The average molecular weight is 474 g/mol. The second-order valence-electron chi connectivity index (χ2n) is 8.56. The highest BCUT2D eigenvalue weighted by Gasteiger charge is 2.23. The van der Waals surface area contributed by atoms with Crippen LogP contribution in [0.1, 0.15) is 20.8 Å². The second-order valence-corrected chi connectivity index (χ2v) is 8.56. The summed E-state index contributed by atoms with van der Waals surface area (Å²) in [5, 5.41) is 27.8. The predicted octanol–water partition coefficient (Wildman–Crippen LogP) is -1.28. The molecule has 0 saturated carbocycles. The van der Waals surface area contributed by atoms with Crippen molar-refractivity contribution in [3.63, 3.8) is 0 Å². The molecule has 12 nitrogen and oxygen atoms in total. The van der Waals surface area contributed by atoms with Gasteiger partial charge in [0.25, 0.3) is 0 Å². The Morgan fingerprint density at radius 2 is 0.909 bits per heavy atom. The molecule has 1 aliphatic heterocycles. The quantitative estimate of drug-likeness (QED) is 0.349. The van der Waals surface area contributed by atoms with Gasteiger partial charge < -0.3 is 20.2 Å². The maximum absolute atomic E-state index is 12.8. The van der Waals surface area contributed by atoms with Crippen molar-refractivity contribution in [1.29, 1.82) is 0 Å². The molecule has 0 aliphatic carbocycles. The number of carboxylic acids is 3. The molecule has 0 bridgehead atoms. The maximum Gasteiger partial charge on any atom is 0.317 e. The monoisotopic (exact) mass is 473 g/mol. The van der Waals surface area contributed by atoms with Gasteiger partial charge in [0.1, 0.15) is 0 Å². The summed E-state index contributed by atoms with van der Waals surface area (Å²) in [4.78, 5) is 55.6. The number of amides is 1. The van der Waals surface area contributed by atoms with Crippen molar-refractivity contribution in [2.75, 3.05) is 85.1 Å². The fraction of sp³-hybridized carbons (Fsp3) is 0.810. The second kappa shape index (κ2) is 14.8. The Morgan fingerprint density at radius 1 is 0.636 bits per heavy atom. The van der Waals surface area contributed by atoms with Gasteiger partial charge >= 0.3 is 17.9 Å². The summed E-state index contributed by atoms with van der Waals surface area (Å²) in [5.74, 6) is -2.97. The first-order valence-corrected chi connectivity index (χ1v) is 11.4. The van der Waals surface area contributed by atoms with E-state index in [4.69, 9.17) is 0 Å². The van der Waals surface area contributed by atoms with Gasteiger partial charge in [0, 0.05) is 64.9 Å². The van der Waals surface area contributed by atoms with E-state index in [0.717, 1.165) is 0 Å². The normalized spacial score (nSPS) is 18.4. The lowest BCUT2D eigenvalue weighted by Gasteiger charge is -2.34. The van der Waals surface area contributed by atoms with Gasteiger partial charge in [-0.15, -0.1) is 0 Å². The van der Waals surface area contributed by atoms with Crippen LogP contribution in [-0.4, -0.2) is 155 Å². The van der Waals surface area contributed by atoms with Gasteiger partial charge in [-0.1, -0.05) is 0 Å². The van der Waals surface area contributed by atoms with Crippen molar-refractivity contribution in [2.24, 2.45) is 0 Å². The minimum atomic E-state index is -0.994. The Kier molecular flexibility index (Phi) is 12.9. The number of hydrogen-bond donors (Lipinski definition) is 3. The van der Waals surface area contributed by atoms with Crippen LogP contribution < -0.4 is 0 Å². The molecule has 3 N–H and O–H groups in total. The van der Waals surface area contributed by atoms with Gasteiger partial charge in [-0.05, 0) is 20.8 Å². The molecular weight excluding hydrogens is 434 g/mol. The van der Waals surface area contributed by atoms with Gasteiger partial charge in [0.15, 0.2) is 0 Å². The molecule has 1 heterocycles. The van der Waals surface area contributed by atoms with Crippen molar-refractivity contribution >= 4 is 23.8 Å². The number of rotatable bonds is 10. The molecule has 1 saturated heterocycles. The first-order valence-electron chi connectivity index (χ1n) is 11.4. The zero-order valence-corrected chi connectivity index (χ0v) is 20.0. The third-order valence-corrected chi connectivity index (χ3v) is 5.65. The molecule has 0 radical (unpaired) electrons. The number of hydrogen-bond acceptors (Lipinski definition) is 8. The molecule has 0 aromatic heterocycles. The minimum Gasteiger partial charge on any atom is -0.480 e. The molecule has 33 heavy (non-hydrogen) atoms. The van der Waals surface area contributed by atoms with Crippen LogP contribution in [0.2, 0.25) is 0 Å². The highest BCUT2D eigenvalue weighted by Crippen LogP contribution is 2.04. The molecule has 190 valence electrons. The molecule has 1 aliphatic rings. The Hall–Kier alpha value is -2.28. The van der Waals surface area contributed by atoms with Crippen LogP contribution in [0, 0.1) is 0 Å². The lowest BCUT2D eigenvalue weighted by molar-refractivity contribution is -0.141. The van der Waals surface area contributed by atoms with Crippen LogP contribution in [-0.2, 0) is 19.2 Å². The molecule has 0 spiro atoms. The zero-order valence-electron chi connectivity index (χ0n) is 20.0. The zero-order chi connectivity index (χ0) is 25.0. The fourth-order valence-electron chi connectivity index (χ4n) is 3.90. The molecule has 0 unspecified atom stereocenters. The van der Waals surface area contributed by atoms with E-state index in [1.807, 2.05) is 25.7 Å². The predicted molar refractivity (Wildman–Crippen MR) is 121 cm³/mol. The van der Waals surface area contributed by atoms with Gasteiger partial charge in [-0.3, -0.25) is 38.8 Å². The Labute approximate surface area is 195 Å². The number of nitrogens with zero attached hydrogens (tertiary/aromatic N) is 5. The number of carbonyl (C=O) groups is 4. The molecule has 12 heteroatoms. The molecule has 1 fully saturated rings. The van der Waals surface area contributed by atoms with Gasteiger partial charge in [0.2, 0.25) is 5.91 Å². The van der Waals surface area contributed by atoms with Crippen molar-refractivity contribution in [1.82, 2.24) is 24.5 Å². The van der Waals surface area contributed by atoms with E-state index < -0.39 is 17.9 Å². The summed E-state index contributed by atoms with van der Waals surface area (Å²) in [6.45, 7) is 9.07. The Morgan fingerprint density at radius 3 is 1.12 bits per heavy atom. The fourth-order valence-corrected chi connectivity index (χ4v) is 3.90. The standard InChI is InChI=1S/C21H39N5O7/c1-4-26(17(2)3)18(27)13-22-5-7-23(14-19(28)29)9-11-25(16-21(32)33)12-10-24(8-6-22)15-20(30)31/h17H,4-16H2,1-3H3,(H,28,29)(H,30,31)(H,32,33).